The van der Waals surface area contributed by atoms with E-state index >= 15 is 0 Å². The second-order valence-electron chi connectivity index (χ2n) is 6.25. The van der Waals surface area contributed by atoms with E-state index in [4.69, 9.17) is 0 Å². The number of hydrogen-bond acceptors (Lipinski definition) is 1. The van der Waals surface area contributed by atoms with Crippen LogP contribution in [0.15, 0.2) is 22.7 Å². The summed E-state index contributed by atoms with van der Waals surface area (Å²) in [5.41, 5.74) is 0.144. The van der Waals surface area contributed by atoms with E-state index in [9.17, 15) is 9.18 Å². The molecule has 0 aliphatic rings. The van der Waals surface area contributed by atoms with Crippen molar-refractivity contribution < 1.29 is 9.18 Å². The molecule has 1 amide bonds. The lowest BCUT2D eigenvalue weighted by Gasteiger charge is -2.25. The van der Waals surface area contributed by atoms with Crippen LogP contribution in [0.25, 0.3) is 0 Å². The maximum atomic E-state index is 14.0. The first-order valence-corrected chi connectivity index (χ1v) is 8.35. The molecular formula is C17H25BrFNO. The smallest absolute Gasteiger partial charge is 0.257 e. The number of halogens is 2. The Labute approximate surface area is 135 Å². The Morgan fingerprint density at radius 2 is 1.67 bits per heavy atom. The van der Waals surface area contributed by atoms with Gasteiger partial charge in [0.2, 0.25) is 0 Å². The van der Waals surface area contributed by atoms with Crippen LogP contribution in [0.5, 0.6) is 0 Å². The molecule has 0 saturated carbocycles. The van der Waals surface area contributed by atoms with Gasteiger partial charge in [0.1, 0.15) is 5.82 Å². The summed E-state index contributed by atoms with van der Waals surface area (Å²) in [4.78, 5) is 14.4. The predicted molar refractivity (Wildman–Crippen MR) is 88.9 cm³/mol. The van der Waals surface area contributed by atoms with Crippen molar-refractivity contribution in [2.45, 2.75) is 40.5 Å². The summed E-state index contributed by atoms with van der Waals surface area (Å²) in [5.74, 6) is 0.349. The highest BCUT2D eigenvalue weighted by Crippen LogP contribution is 2.22. The van der Waals surface area contributed by atoms with Gasteiger partial charge >= 0.3 is 0 Å². The summed E-state index contributed by atoms with van der Waals surface area (Å²) in [6.45, 7) is 9.86. The number of carbonyl (C=O) groups is 1. The largest absolute Gasteiger partial charge is 0.339 e. The maximum Gasteiger partial charge on any atom is 0.257 e. The molecule has 0 heterocycles. The molecular weight excluding hydrogens is 333 g/mol. The third kappa shape index (κ3) is 5.77. The third-order valence-corrected chi connectivity index (χ3v) is 4.08. The van der Waals surface area contributed by atoms with Crippen LogP contribution in [0.2, 0.25) is 0 Å². The molecule has 0 radical (unpaired) electrons. The lowest BCUT2D eigenvalue weighted by atomic mass is 10.1. The van der Waals surface area contributed by atoms with E-state index in [1.54, 1.807) is 17.0 Å². The third-order valence-electron chi connectivity index (χ3n) is 3.42. The molecule has 1 aromatic rings. The Morgan fingerprint density at radius 1 is 1.14 bits per heavy atom. The highest BCUT2D eigenvalue weighted by molar-refractivity contribution is 9.10. The minimum atomic E-state index is -0.464. The van der Waals surface area contributed by atoms with Gasteiger partial charge < -0.3 is 4.90 Å². The summed E-state index contributed by atoms with van der Waals surface area (Å²) < 4.78 is 14.5. The fraction of sp³-hybridized carbons (Fsp3) is 0.588. The molecule has 0 spiro atoms. The van der Waals surface area contributed by atoms with Crippen LogP contribution in [0, 0.1) is 17.7 Å². The van der Waals surface area contributed by atoms with Gasteiger partial charge in [-0.05, 0) is 52.7 Å². The number of rotatable bonds is 7. The molecule has 118 valence electrons. The molecule has 0 saturated heterocycles. The first-order valence-electron chi connectivity index (χ1n) is 7.56. The normalized spacial score (nSPS) is 11.2. The van der Waals surface area contributed by atoms with Crippen molar-refractivity contribution in [3.8, 4) is 0 Å². The van der Waals surface area contributed by atoms with Crippen LogP contribution in [-0.4, -0.2) is 23.9 Å². The number of hydrogen-bond donors (Lipinski definition) is 0. The number of amides is 1. The van der Waals surface area contributed by atoms with Crippen LogP contribution in [0.1, 0.15) is 50.9 Å². The molecule has 21 heavy (non-hydrogen) atoms. The van der Waals surface area contributed by atoms with E-state index in [2.05, 4.69) is 43.6 Å². The SMILES string of the molecule is CC(C)CCN(CCC(C)C)C(=O)c1c(F)cccc1Br. The molecule has 4 heteroatoms. The Hall–Kier alpha value is -0.900. The zero-order chi connectivity index (χ0) is 16.0. The Kier molecular flexibility index (Phi) is 7.36. The molecule has 0 atom stereocenters. The highest BCUT2D eigenvalue weighted by Gasteiger charge is 2.22. The van der Waals surface area contributed by atoms with Crippen LogP contribution in [0.3, 0.4) is 0 Å². The molecule has 0 aliphatic carbocycles. The van der Waals surface area contributed by atoms with E-state index in [-0.39, 0.29) is 11.5 Å². The van der Waals surface area contributed by atoms with Gasteiger partial charge in [-0.3, -0.25) is 4.79 Å². The second-order valence-corrected chi connectivity index (χ2v) is 7.11. The van der Waals surface area contributed by atoms with E-state index < -0.39 is 5.82 Å². The topological polar surface area (TPSA) is 20.3 Å². The summed E-state index contributed by atoms with van der Waals surface area (Å²) in [7, 11) is 0. The second kappa shape index (κ2) is 8.52. The summed E-state index contributed by atoms with van der Waals surface area (Å²) >= 11 is 3.29. The summed E-state index contributed by atoms with van der Waals surface area (Å²) in [6.07, 6.45) is 1.85. The van der Waals surface area contributed by atoms with Gasteiger partial charge in [0.15, 0.2) is 0 Å². The molecule has 0 aromatic heterocycles. The monoisotopic (exact) mass is 357 g/mol. The molecule has 2 nitrogen and oxygen atoms in total. The van der Waals surface area contributed by atoms with E-state index in [1.165, 1.54) is 6.07 Å². The maximum absolute atomic E-state index is 14.0. The first kappa shape index (κ1) is 18.1. The Bertz CT molecular complexity index is 442. The number of nitrogens with zero attached hydrogens (tertiary/aromatic N) is 1. The van der Waals surface area contributed by atoms with Gasteiger partial charge in [0.25, 0.3) is 5.91 Å². The molecule has 0 N–H and O–H groups in total. The lowest BCUT2D eigenvalue weighted by molar-refractivity contribution is 0.0735. The Balaban J connectivity index is 2.92. The van der Waals surface area contributed by atoms with Crippen LogP contribution in [-0.2, 0) is 0 Å². The van der Waals surface area contributed by atoms with Gasteiger partial charge in [-0.15, -0.1) is 0 Å². The molecule has 0 aliphatic heterocycles. The quantitative estimate of drug-likeness (QED) is 0.662. The minimum absolute atomic E-state index is 0.144. The summed E-state index contributed by atoms with van der Waals surface area (Å²) in [5, 5.41) is 0. The highest BCUT2D eigenvalue weighted by atomic mass is 79.9. The van der Waals surface area contributed by atoms with Crippen molar-refractivity contribution in [3.05, 3.63) is 34.1 Å². The fourth-order valence-corrected chi connectivity index (χ4v) is 2.51. The zero-order valence-electron chi connectivity index (χ0n) is 13.3. The van der Waals surface area contributed by atoms with Crippen molar-refractivity contribution in [2.75, 3.05) is 13.1 Å². The van der Waals surface area contributed by atoms with Gasteiger partial charge in [-0.25, -0.2) is 4.39 Å². The molecule has 0 bridgehead atoms. The van der Waals surface area contributed by atoms with E-state index in [0.717, 1.165) is 12.8 Å². The number of benzene rings is 1. The van der Waals surface area contributed by atoms with Crippen LogP contribution >= 0.6 is 15.9 Å². The zero-order valence-corrected chi connectivity index (χ0v) is 14.9. The van der Waals surface area contributed by atoms with E-state index in [1.807, 2.05) is 0 Å². The molecule has 1 rings (SSSR count). The van der Waals surface area contributed by atoms with Crippen molar-refractivity contribution in [1.29, 1.82) is 0 Å². The van der Waals surface area contributed by atoms with E-state index in [0.29, 0.717) is 29.4 Å². The van der Waals surface area contributed by atoms with Crippen LogP contribution in [0.4, 0.5) is 4.39 Å². The standard InChI is InChI=1S/C17H25BrFNO/c1-12(2)8-10-20(11-9-13(3)4)17(21)16-14(18)6-5-7-15(16)19/h5-7,12-13H,8-11H2,1-4H3. The average Bonchev–Trinajstić information content (AvgIpc) is 2.37. The first-order chi connectivity index (χ1) is 9.82. The lowest BCUT2D eigenvalue weighted by Crippen LogP contribution is -2.35. The van der Waals surface area contributed by atoms with Gasteiger partial charge in [-0.1, -0.05) is 33.8 Å². The van der Waals surface area contributed by atoms with Crippen molar-refractivity contribution in [3.63, 3.8) is 0 Å². The van der Waals surface area contributed by atoms with Gasteiger partial charge in [-0.2, -0.15) is 0 Å². The van der Waals surface area contributed by atoms with Gasteiger partial charge in [0.05, 0.1) is 5.56 Å². The summed E-state index contributed by atoms with van der Waals surface area (Å²) in [6, 6.07) is 4.64. The van der Waals surface area contributed by atoms with Crippen molar-refractivity contribution in [2.24, 2.45) is 11.8 Å². The predicted octanol–water partition coefficient (Wildman–Crippen LogP) is 5.12. The number of carbonyl (C=O) groups excluding carboxylic acids is 1. The van der Waals surface area contributed by atoms with Gasteiger partial charge in [0, 0.05) is 17.6 Å². The Morgan fingerprint density at radius 3 is 2.10 bits per heavy atom. The van der Waals surface area contributed by atoms with Crippen molar-refractivity contribution in [1.82, 2.24) is 4.90 Å². The molecule has 0 fully saturated rings. The average molecular weight is 358 g/mol. The molecule has 0 unspecified atom stereocenters. The fourth-order valence-electron chi connectivity index (χ4n) is 2.00. The van der Waals surface area contributed by atoms with Crippen LogP contribution < -0.4 is 0 Å². The minimum Gasteiger partial charge on any atom is -0.339 e. The molecule has 1 aromatic carbocycles. The van der Waals surface area contributed by atoms with Crippen molar-refractivity contribution >= 4 is 21.8 Å².